The van der Waals surface area contributed by atoms with Crippen molar-refractivity contribution in [3.63, 3.8) is 0 Å². The van der Waals surface area contributed by atoms with Gasteiger partial charge in [0, 0.05) is 40.8 Å². The lowest BCUT2D eigenvalue weighted by Crippen LogP contribution is -2.42. The van der Waals surface area contributed by atoms with E-state index >= 15 is 0 Å². The van der Waals surface area contributed by atoms with Gasteiger partial charge in [0.25, 0.3) is 0 Å². The van der Waals surface area contributed by atoms with Gasteiger partial charge in [-0.15, -0.1) is 0 Å². The van der Waals surface area contributed by atoms with Gasteiger partial charge < -0.3 is 20.7 Å². The summed E-state index contributed by atoms with van der Waals surface area (Å²) in [5.74, 6) is 0.566. The van der Waals surface area contributed by atoms with Gasteiger partial charge in [-0.1, -0.05) is 12.1 Å². The third-order valence-corrected chi connectivity index (χ3v) is 5.30. The summed E-state index contributed by atoms with van der Waals surface area (Å²) < 4.78 is 30.5. The summed E-state index contributed by atoms with van der Waals surface area (Å²) in [4.78, 5) is 15.9. The number of ether oxygens (including phenoxy) is 1. The molecule has 0 aliphatic heterocycles. The molecular weight excluding hydrogens is 382 g/mol. The van der Waals surface area contributed by atoms with E-state index in [-0.39, 0.29) is 4.90 Å². The number of nitrogens with zero attached hydrogens (tertiary/aromatic N) is 2. The molecule has 1 aromatic carbocycles. The maximum Gasteiger partial charge on any atom is 0.407 e. The first kappa shape index (κ1) is 23.7. The fraction of sp³-hybridized carbons (Fsp3) is 0.556. The molecule has 0 bridgehead atoms. The molecule has 0 fully saturated rings. The molecule has 0 saturated heterocycles. The van der Waals surface area contributed by atoms with E-state index in [1.807, 2.05) is 0 Å². The SMILES string of the molecule is CN=C(NCCNC(=O)OC(C)(C)C)NCc1ccc(S(=O)(=O)N(C)C)cc1. The summed E-state index contributed by atoms with van der Waals surface area (Å²) in [5, 5.41) is 8.86. The fourth-order valence-electron chi connectivity index (χ4n) is 2.06. The minimum atomic E-state index is -3.43. The van der Waals surface area contributed by atoms with Gasteiger partial charge in [0.05, 0.1) is 4.90 Å². The number of alkyl carbamates (subject to hydrolysis) is 1. The van der Waals surface area contributed by atoms with E-state index in [9.17, 15) is 13.2 Å². The lowest BCUT2D eigenvalue weighted by Gasteiger charge is -2.20. The van der Waals surface area contributed by atoms with Crippen molar-refractivity contribution in [1.82, 2.24) is 20.3 Å². The number of rotatable bonds is 7. The Kier molecular flexibility index (Phi) is 8.70. The first-order valence-electron chi connectivity index (χ1n) is 8.88. The van der Waals surface area contributed by atoms with Gasteiger partial charge in [-0.25, -0.2) is 17.5 Å². The normalized spacial score (nSPS) is 12.6. The Morgan fingerprint density at radius 2 is 1.64 bits per heavy atom. The topological polar surface area (TPSA) is 112 Å². The Morgan fingerprint density at radius 1 is 1.07 bits per heavy atom. The maximum absolute atomic E-state index is 12.1. The number of sulfonamides is 1. The summed E-state index contributed by atoms with van der Waals surface area (Å²) in [7, 11) is 1.21. The average Bonchev–Trinajstić information content (AvgIpc) is 2.59. The average molecular weight is 414 g/mol. The third kappa shape index (κ3) is 8.13. The third-order valence-electron chi connectivity index (χ3n) is 3.47. The minimum absolute atomic E-state index is 0.247. The van der Waals surface area contributed by atoms with Crippen LogP contribution in [0.15, 0.2) is 34.2 Å². The van der Waals surface area contributed by atoms with Crippen molar-refractivity contribution >= 4 is 22.1 Å². The molecule has 0 spiro atoms. The van der Waals surface area contributed by atoms with Crippen molar-refractivity contribution in [3.05, 3.63) is 29.8 Å². The molecule has 0 heterocycles. The van der Waals surface area contributed by atoms with Gasteiger partial charge in [-0.2, -0.15) is 0 Å². The summed E-state index contributed by atoms with van der Waals surface area (Å²) in [6, 6.07) is 6.65. The van der Waals surface area contributed by atoms with E-state index < -0.39 is 21.7 Å². The molecule has 1 rings (SSSR count). The Hall–Kier alpha value is -2.33. The van der Waals surface area contributed by atoms with E-state index in [0.717, 1.165) is 5.56 Å². The number of carbonyl (C=O) groups is 1. The molecule has 9 nitrogen and oxygen atoms in total. The number of nitrogens with one attached hydrogen (secondary N) is 3. The predicted octanol–water partition coefficient (Wildman–Crippen LogP) is 1.13. The number of hydrogen-bond donors (Lipinski definition) is 3. The largest absolute Gasteiger partial charge is 0.444 e. The van der Waals surface area contributed by atoms with Crippen molar-refractivity contribution in [2.75, 3.05) is 34.2 Å². The Balaban J connectivity index is 2.43. The summed E-state index contributed by atoms with van der Waals surface area (Å²) in [6.45, 7) is 6.74. The first-order valence-corrected chi connectivity index (χ1v) is 10.3. The van der Waals surface area contributed by atoms with Crippen molar-refractivity contribution in [3.8, 4) is 0 Å². The Labute approximate surface area is 167 Å². The molecule has 1 aromatic rings. The number of aliphatic imine (C=N–C) groups is 1. The molecule has 0 radical (unpaired) electrons. The van der Waals surface area contributed by atoms with Crippen LogP contribution in [0.25, 0.3) is 0 Å². The molecule has 0 atom stereocenters. The van der Waals surface area contributed by atoms with Crippen molar-refractivity contribution in [1.29, 1.82) is 0 Å². The zero-order valence-electron chi connectivity index (χ0n) is 17.4. The Morgan fingerprint density at radius 3 is 2.14 bits per heavy atom. The molecule has 158 valence electrons. The van der Waals surface area contributed by atoms with Crippen molar-refractivity contribution < 1.29 is 17.9 Å². The molecule has 0 aliphatic rings. The summed E-state index contributed by atoms with van der Waals surface area (Å²) in [6.07, 6.45) is -0.468. The van der Waals surface area contributed by atoms with E-state index in [0.29, 0.717) is 25.6 Å². The fourth-order valence-corrected chi connectivity index (χ4v) is 2.96. The molecule has 0 aromatic heterocycles. The molecular formula is C18H31N5O4S. The van der Waals surface area contributed by atoms with Gasteiger partial charge in [-0.05, 0) is 38.5 Å². The van der Waals surface area contributed by atoms with Crippen LogP contribution in [0.1, 0.15) is 26.3 Å². The second kappa shape index (κ2) is 10.3. The van der Waals surface area contributed by atoms with Crippen LogP contribution in [-0.4, -0.2) is 64.6 Å². The van der Waals surface area contributed by atoms with E-state index in [1.54, 1.807) is 52.1 Å². The van der Waals surface area contributed by atoms with Gasteiger partial charge >= 0.3 is 6.09 Å². The van der Waals surface area contributed by atoms with Crippen LogP contribution in [0, 0.1) is 0 Å². The molecule has 3 N–H and O–H groups in total. The highest BCUT2D eigenvalue weighted by Crippen LogP contribution is 2.13. The quantitative estimate of drug-likeness (QED) is 0.351. The zero-order chi connectivity index (χ0) is 21.4. The van der Waals surface area contributed by atoms with Crippen molar-refractivity contribution in [2.24, 2.45) is 4.99 Å². The maximum atomic E-state index is 12.1. The van der Waals surface area contributed by atoms with Gasteiger partial charge in [0.2, 0.25) is 10.0 Å². The van der Waals surface area contributed by atoms with Crippen LogP contribution in [0.4, 0.5) is 4.79 Å². The number of hydrogen-bond acceptors (Lipinski definition) is 5. The summed E-state index contributed by atoms with van der Waals surface area (Å²) in [5.41, 5.74) is 0.379. The standard InChI is InChI=1S/C18H31N5O4S/c1-18(2,3)27-17(24)21-12-11-20-16(19-4)22-13-14-7-9-15(10-8-14)28(25,26)23(5)6/h7-10H,11-13H2,1-6H3,(H,21,24)(H2,19,20,22). The van der Waals surface area contributed by atoms with Crippen LogP contribution >= 0.6 is 0 Å². The van der Waals surface area contributed by atoms with Crippen LogP contribution in [0.2, 0.25) is 0 Å². The number of guanidine groups is 1. The highest BCUT2D eigenvalue weighted by atomic mass is 32.2. The Bertz CT molecular complexity index is 768. The highest BCUT2D eigenvalue weighted by Gasteiger charge is 2.17. The van der Waals surface area contributed by atoms with E-state index in [2.05, 4.69) is 20.9 Å². The molecule has 28 heavy (non-hydrogen) atoms. The second-order valence-corrected chi connectivity index (χ2v) is 9.36. The van der Waals surface area contributed by atoms with Crippen LogP contribution in [0.3, 0.4) is 0 Å². The van der Waals surface area contributed by atoms with Crippen LogP contribution in [0.5, 0.6) is 0 Å². The monoisotopic (exact) mass is 413 g/mol. The number of carbonyl (C=O) groups excluding carboxylic acids is 1. The second-order valence-electron chi connectivity index (χ2n) is 7.21. The molecule has 1 amide bonds. The molecule has 10 heteroatoms. The number of benzene rings is 1. The zero-order valence-corrected chi connectivity index (χ0v) is 18.2. The van der Waals surface area contributed by atoms with Gasteiger partial charge in [-0.3, -0.25) is 4.99 Å². The number of amides is 1. The molecule has 0 unspecified atom stereocenters. The molecule has 0 saturated carbocycles. The smallest absolute Gasteiger partial charge is 0.407 e. The first-order chi connectivity index (χ1) is 13.0. The van der Waals surface area contributed by atoms with Crippen molar-refractivity contribution in [2.45, 2.75) is 37.8 Å². The van der Waals surface area contributed by atoms with Gasteiger partial charge in [0.15, 0.2) is 5.96 Å². The van der Waals surface area contributed by atoms with Gasteiger partial charge in [0.1, 0.15) is 5.60 Å². The van der Waals surface area contributed by atoms with E-state index in [1.165, 1.54) is 18.4 Å². The summed E-state index contributed by atoms with van der Waals surface area (Å²) >= 11 is 0. The minimum Gasteiger partial charge on any atom is -0.444 e. The lowest BCUT2D eigenvalue weighted by atomic mass is 10.2. The molecule has 0 aliphatic carbocycles. The highest BCUT2D eigenvalue weighted by molar-refractivity contribution is 7.89. The predicted molar refractivity (Wildman–Crippen MR) is 110 cm³/mol. The van der Waals surface area contributed by atoms with Crippen LogP contribution in [-0.2, 0) is 21.3 Å². The van der Waals surface area contributed by atoms with E-state index in [4.69, 9.17) is 4.74 Å². The lowest BCUT2D eigenvalue weighted by molar-refractivity contribution is 0.0529. The van der Waals surface area contributed by atoms with Crippen LogP contribution < -0.4 is 16.0 Å².